The Morgan fingerprint density at radius 3 is 2.71 bits per heavy atom. The maximum Gasteiger partial charge on any atom is 0.246 e. The van der Waals surface area contributed by atoms with E-state index in [9.17, 15) is 4.79 Å². The van der Waals surface area contributed by atoms with Crippen molar-refractivity contribution in [1.82, 2.24) is 4.98 Å². The summed E-state index contributed by atoms with van der Waals surface area (Å²) >= 11 is 3.15. The van der Waals surface area contributed by atoms with E-state index >= 15 is 0 Å². The number of amides is 1. The summed E-state index contributed by atoms with van der Waals surface area (Å²) < 4.78 is 0. The first-order chi connectivity index (χ1) is 9.57. The largest absolute Gasteiger partial charge is 0.317 e. The quantitative estimate of drug-likeness (QED) is 0.890. The number of hydrogen-bond acceptors (Lipinski definition) is 5. The van der Waals surface area contributed by atoms with Gasteiger partial charge in [-0.3, -0.25) is 4.79 Å². The van der Waals surface area contributed by atoms with Gasteiger partial charge in [0.1, 0.15) is 0 Å². The van der Waals surface area contributed by atoms with Gasteiger partial charge in [-0.15, -0.1) is 35.1 Å². The molecule has 0 saturated heterocycles. The first-order valence-electron chi connectivity index (χ1n) is 6.69. The number of hydrogen-bond donors (Lipinski definition) is 2. The van der Waals surface area contributed by atoms with Crippen LogP contribution in [0.25, 0.3) is 10.6 Å². The highest BCUT2D eigenvalue weighted by atomic mass is 35.5. The van der Waals surface area contributed by atoms with Gasteiger partial charge in [0, 0.05) is 10.3 Å². The van der Waals surface area contributed by atoms with Gasteiger partial charge in [-0.05, 0) is 31.9 Å². The van der Waals surface area contributed by atoms with E-state index in [1.54, 1.807) is 11.3 Å². The normalized spacial score (nSPS) is 16.5. The summed E-state index contributed by atoms with van der Waals surface area (Å²) in [6, 6.07) is 4.13. The van der Waals surface area contributed by atoms with Crippen molar-refractivity contribution in [1.29, 1.82) is 0 Å². The Hall–Kier alpha value is -0.950. The molecule has 3 N–H and O–H groups in total. The molecule has 2 aromatic heterocycles. The molecule has 4 nitrogen and oxygen atoms in total. The Balaban J connectivity index is 0.00000161. The first kappa shape index (κ1) is 16.4. The highest BCUT2D eigenvalue weighted by Gasteiger charge is 2.37. The molecular formula is C14H18ClN3OS2. The third kappa shape index (κ3) is 3.45. The van der Waals surface area contributed by atoms with E-state index in [0.29, 0.717) is 5.13 Å². The molecule has 0 bridgehead atoms. The number of aromatic nitrogens is 1. The highest BCUT2D eigenvalue weighted by Crippen LogP contribution is 2.32. The Bertz CT molecular complexity index is 632. The van der Waals surface area contributed by atoms with Crippen LogP contribution >= 0.6 is 35.1 Å². The molecule has 0 unspecified atom stereocenters. The van der Waals surface area contributed by atoms with Gasteiger partial charge in [-0.2, -0.15) is 0 Å². The molecule has 114 valence electrons. The number of thiazole rings is 1. The van der Waals surface area contributed by atoms with Crippen molar-refractivity contribution in [2.75, 3.05) is 5.32 Å². The molecule has 0 aliphatic heterocycles. The van der Waals surface area contributed by atoms with Crippen LogP contribution in [0.15, 0.2) is 17.5 Å². The number of rotatable bonds is 3. The van der Waals surface area contributed by atoms with Gasteiger partial charge in [0.15, 0.2) is 5.13 Å². The number of carbonyl (C=O) groups excluding carboxylic acids is 1. The van der Waals surface area contributed by atoms with Crippen molar-refractivity contribution in [3.63, 3.8) is 0 Å². The van der Waals surface area contributed by atoms with Crippen LogP contribution < -0.4 is 11.1 Å². The lowest BCUT2D eigenvalue weighted by Crippen LogP contribution is -2.48. The highest BCUT2D eigenvalue weighted by molar-refractivity contribution is 7.17. The molecule has 0 aromatic carbocycles. The molecule has 2 heterocycles. The summed E-state index contributed by atoms with van der Waals surface area (Å²) in [6.07, 6.45) is 3.59. The number of nitrogens with one attached hydrogen (secondary N) is 1. The number of carbonyl (C=O) groups is 1. The molecule has 0 spiro atoms. The van der Waals surface area contributed by atoms with E-state index in [4.69, 9.17) is 5.73 Å². The number of nitrogens with zero attached hydrogens (tertiary/aromatic N) is 1. The molecule has 1 aliphatic carbocycles. The van der Waals surface area contributed by atoms with Crippen LogP contribution in [0, 0.1) is 6.92 Å². The zero-order valence-electron chi connectivity index (χ0n) is 11.7. The predicted molar refractivity (Wildman–Crippen MR) is 91.4 cm³/mol. The monoisotopic (exact) mass is 343 g/mol. The van der Waals surface area contributed by atoms with Gasteiger partial charge in [0.05, 0.1) is 16.1 Å². The zero-order chi connectivity index (χ0) is 14.2. The van der Waals surface area contributed by atoms with Crippen molar-refractivity contribution < 1.29 is 4.79 Å². The van der Waals surface area contributed by atoms with E-state index < -0.39 is 5.54 Å². The average molecular weight is 344 g/mol. The van der Waals surface area contributed by atoms with Crippen LogP contribution in [0.5, 0.6) is 0 Å². The smallest absolute Gasteiger partial charge is 0.246 e. The minimum Gasteiger partial charge on any atom is -0.317 e. The number of thiophene rings is 1. The maximum atomic E-state index is 12.2. The lowest BCUT2D eigenvalue weighted by Gasteiger charge is -2.21. The van der Waals surface area contributed by atoms with E-state index in [0.717, 1.165) is 36.3 Å². The van der Waals surface area contributed by atoms with E-state index in [-0.39, 0.29) is 18.3 Å². The van der Waals surface area contributed by atoms with E-state index in [1.807, 2.05) is 5.38 Å². The molecule has 0 radical (unpaired) electrons. The summed E-state index contributed by atoms with van der Waals surface area (Å²) in [5.74, 6) is -0.0988. The van der Waals surface area contributed by atoms with Gasteiger partial charge < -0.3 is 11.1 Å². The molecule has 1 saturated carbocycles. The maximum absolute atomic E-state index is 12.2. The fourth-order valence-corrected chi connectivity index (χ4v) is 4.08. The fraction of sp³-hybridized carbons (Fsp3) is 0.429. The lowest BCUT2D eigenvalue weighted by molar-refractivity contribution is -0.121. The third-order valence-corrected chi connectivity index (χ3v) is 5.45. The molecule has 2 aromatic rings. The van der Waals surface area contributed by atoms with Crippen molar-refractivity contribution in [2.24, 2.45) is 5.73 Å². The molecule has 3 rings (SSSR count). The van der Waals surface area contributed by atoms with E-state index in [1.165, 1.54) is 16.2 Å². The standard InChI is InChI=1S/C14H17N3OS2.ClH/c1-9-4-5-11(20-9)10-8-19-13(16-10)17-12(18)14(15)6-2-3-7-14;/h4-5,8H,2-3,6-7,15H2,1H3,(H,16,17,18);1H. The molecule has 1 amide bonds. The lowest BCUT2D eigenvalue weighted by atomic mass is 9.98. The molecule has 7 heteroatoms. The minimum absolute atomic E-state index is 0. The Morgan fingerprint density at radius 2 is 2.10 bits per heavy atom. The summed E-state index contributed by atoms with van der Waals surface area (Å²) in [7, 11) is 0. The summed E-state index contributed by atoms with van der Waals surface area (Å²) in [5, 5.41) is 5.47. The Morgan fingerprint density at radius 1 is 1.38 bits per heavy atom. The van der Waals surface area contributed by atoms with Gasteiger partial charge in [0.2, 0.25) is 5.91 Å². The van der Waals surface area contributed by atoms with E-state index in [2.05, 4.69) is 29.4 Å². The van der Waals surface area contributed by atoms with Crippen LogP contribution in [-0.4, -0.2) is 16.4 Å². The van der Waals surface area contributed by atoms with Gasteiger partial charge >= 0.3 is 0 Å². The summed E-state index contributed by atoms with van der Waals surface area (Å²) in [4.78, 5) is 19.1. The van der Waals surface area contributed by atoms with Crippen molar-refractivity contribution in [2.45, 2.75) is 38.1 Å². The van der Waals surface area contributed by atoms with Crippen LogP contribution in [0.3, 0.4) is 0 Å². The topological polar surface area (TPSA) is 68.0 Å². The van der Waals surface area contributed by atoms with Crippen LogP contribution in [-0.2, 0) is 4.79 Å². The first-order valence-corrected chi connectivity index (χ1v) is 8.39. The number of anilines is 1. The third-order valence-electron chi connectivity index (χ3n) is 3.67. The van der Waals surface area contributed by atoms with Gasteiger partial charge in [-0.25, -0.2) is 4.98 Å². The minimum atomic E-state index is -0.703. The second-order valence-corrected chi connectivity index (χ2v) is 7.41. The molecule has 21 heavy (non-hydrogen) atoms. The van der Waals surface area contributed by atoms with Crippen molar-refractivity contribution in [3.05, 3.63) is 22.4 Å². The fourth-order valence-electron chi connectivity index (χ4n) is 2.47. The molecular weight excluding hydrogens is 326 g/mol. The Kier molecular flexibility index (Phi) is 5.03. The second-order valence-electron chi connectivity index (χ2n) is 5.27. The van der Waals surface area contributed by atoms with Gasteiger partial charge in [-0.1, -0.05) is 12.8 Å². The van der Waals surface area contributed by atoms with Crippen LogP contribution in [0.2, 0.25) is 0 Å². The molecule has 1 aliphatic rings. The molecule has 1 fully saturated rings. The SMILES string of the molecule is Cc1ccc(-c2csc(NC(=O)C3(N)CCCC3)n2)s1.Cl. The zero-order valence-corrected chi connectivity index (χ0v) is 14.2. The van der Waals surface area contributed by atoms with Crippen LogP contribution in [0.4, 0.5) is 5.13 Å². The van der Waals surface area contributed by atoms with Crippen LogP contribution in [0.1, 0.15) is 30.6 Å². The number of halogens is 1. The summed E-state index contributed by atoms with van der Waals surface area (Å²) in [5.41, 5.74) is 6.35. The average Bonchev–Trinajstić information content (AvgIpc) is 3.11. The van der Waals surface area contributed by atoms with Gasteiger partial charge in [0.25, 0.3) is 0 Å². The predicted octanol–water partition coefficient (Wildman–Crippen LogP) is 3.81. The summed E-state index contributed by atoms with van der Waals surface area (Å²) in [6.45, 7) is 2.07. The van der Waals surface area contributed by atoms with Crippen molar-refractivity contribution >= 4 is 46.1 Å². The Labute approximate surface area is 138 Å². The number of nitrogens with two attached hydrogens (primary N) is 1. The molecule has 0 atom stereocenters. The number of aryl methyl sites for hydroxylation is 1. The second kappa shape index (κ2) is 6.44. The van der Waals surface area contributed by atoms with Crippen molar-refractivity contribution in [3.8, 4) is 10.6 Å².